The predicted molar refractivity (Wildman–Crippen MR) is 42.5 cm³/mol. The SMILES string of the molecule is CSc1cc#ccc1[N+](=O)[O-]. The third-order valence-electron chi connectivity index (χ3n) is 1.16. The normalized spacial score (nSPS) is 8.82. The Bertz CT molecular complexity index is 275. The van der Waals surface area contributed by atoms with Crippen molar-refractivity contribution < 1.29 is 4.92 Å². The molecule has 0 bridgehead atoms. The zero-order valence-electron chi connectivity index (χ0n) is 5.83. The average molecular weight is 167 g/mol. The van der Waals surface area contributed by atoms with E-state index in [0.29, 0.717) is 4.90 Å². The van der Waals surface area contributed by atoms with Crippen molar-refractivity contribution in [1.82, 2.24) is 0 Å². The second kappa shape index (κ2) is 3.26. The van der Waals surface area contributed by atoms with E-state index >= 15 is 0 Å². The van der Waals surface area contributed by atoms with Gasteiger partial charge in [0.2, 0.25) is 0 Å². The molecule has 0 N–H and O–H groups in total. The van der Waals surface area contributed by atoms with Crippen LogP contribution in [0, 0.1) is 22.2 Å². The first-order chi connectivity index (χ1) is 5.25. The second-order valence-electron chi connectivity index (χ2n) is 1.79. The van der Waals surface area contributed by atoms with Crippen LogP contribution in [0.1, 0.15) is 0 Å². The highest BCUT2D eigenvalue weighted by Gasteiger charge is 2.09. The van der Waals surface area contributed by atoms with Crippen LogP contribution in [0.5, 0.6) is 0 Å². The van der Waals surface area contributed by atoms with E-state index in [9.17, 15) is 10.1 Å². The molecule has 11 heavy (non-hydrogen) atoms. The van der Waals surface area contributed by atoms with E-state index in [-0.39, 0.29) is 5.69 Å². The van der Waals surface area contributed by atoms with Crippen molar-refractivity contribution in [3.63, 3.8) is 0 Å². The third kappa shape index (κ3) is 1.63. The molecule has 3 nitrogen and oxygen atoms in total. The topological polar surface area (TPSA) is 43.1 Å². The van der Waals surface area contributed by atoms with Crippen LogP contribution in [0.3, 0.4) is 0 Å². The van der Waals surface area contributed by atoms with Gasteiger partial charge in [0.05, 0.1) is 15.9 Å². The standard InChI is InChI=1S/C7H5NO2S/c1-11-7-5-3-2-4-6(7)8(9)10/h4-5H,1H3. The molecular weight excluding hydrogens is 162 g/mol. The Morgan fingerprint density at radius 3 is 2.64 bits per heavy atom. The fourth-order valence-electron chi connectivity index (χ4n) is 0.668. The number of thioether (sulfide) groups is 1. The van der Waals surface area contributed by atoms with E-state index in [0.717, 1.165) is 0 Å². The van der Waals surface area contributed by atoms with Gasteiger partial charge in [-0.15, -0.1) is 11.8 Å². The Balaban J connectivity index is 3.12. The molecule has 0 heterocycles. The summed E-state index contributed by atoms with van der Waals surface area (Å²) in [5, 5.41) is 10.3. The van der Waals surface area contributed by atoms with Gasteiger partial charge in [-0.2, -0.15) is 0 Å². The van der Waals surface area contributed by atoms with Gasteiger partial charge in [0.1, 0.15) is 0 Å². The van der Waals surface area contributed by atoms with Crippen LogP contribution in [0.25, 0.3) is 0 Å². The summed E-state index contributed by atoms with van der Waals surface area (Å²) in [7, 11) is 0. The molecule has 0 aliphatic carbocycles. The fourth-order valence-corrected chi connectivity index (χ4v) is 1.19. The van der Waals surface area contributed by atoms with Gasteiger partial charge in [0.15, 0.2) is 0 Å². The highest BCUT2D eigenvalue weighted by molar-refractivity contribution is 7.98. The van der Waals surface area contributed by atoms with Gasteiger partial charge in [-0.3, -0.25) is 10.1 Å². The summed E-state index contributed by atoms with van der Waals surface area (Å²) in [5.74, 6) is 0. The number of nitro groups is 1. The lowest BCUT2D eigenvalue weighted by atomic mass is 10.4. The van der Waals surface area contributed by atoms with Gasteiger partial charge < -0.3 is 0 Å². The highest BCUT2D eigenvalue weighted by Crippen LogP contribution is 2.24. The zero-order chi connectivity index (χ0) is 8.27. The van der Waals surface area contributed by atoms with Crippen molar-refractivity contribution in [3.8, 4) is 0 Å². The molecule has 1 aromatic rings. The molecule has 0 atom stereocenters. The van der Waals surface area contributed by atoms with Crippen molar-refractivity contribution in [2.45, 2.75) is 4.90 Å². The van der Waals surface area contributed by atoms with E-state index in [2.05, 4.69) is 12.1 Å². The smallest absolute Gasteiger partial charge is 0.258 e. The molecule has 1 rings (SSSR count). The van der Waals surface area contributed by atoms with Gasteiger partial charge in [0.25, 0.3) is 5.69 Å². The minimum absolute atomic E-state index is 0.0938. The van der Waals surface area contributed by atoms with Crippen molar-refractivity contribution in [1.29, 1.82) is 0 Å². The Morgan fingerprint density at radius 2 is 2.18 bits per heavy atom. The summed E-state index contributed by atoms with van der Waals surface area (Å²) in [5.41, 5.74) is 0.0938. The second-order valence-corrected chi connectivity index (χ2v) is 2.64. The maximum absolute atomic E-state index is 10.3. The van der Waals surface area contributed by atoms with Gasteiger partial charge in [0, 0.05) is 6.07 Å². The van der Waals surface area contributed by atoms with E-state index in [1.807, 2.05) is 0 Å². The molecule has 0 fully saturated rings. The first-order valence-corrected chi connectivity index (χ1v) is 4.08. The molecule has 0 aliphatic heterocycles. The van der Waals surface area contributed by atoms with Crippen molar-refractivity contribution in [2.24, 2.45) is 0 Å². The zero-order valence-corrected chi connectivity index (χ0v) is 6.64. The van der Waals surface area contributed by atoms with Crippen LogP contribution in [0.2, 0.25) is 0 Å². The van der Waals surface area contributed by atoms with Crippen LogP contribution in [-0.2, 0) is 0 Å². The Hall–Kier alpha value is -1.21. The monoisotopic (exact) mass is 167 g/mol. The van der Waals surface area contributed by atoms with Gasteiger partial charge in [-0.1, -0.05) is 12.1 Å². The Morgan fingerprint density at radius 1 is 1.55 bits per heavy atom. The summed E-state index contributed by atoms with van der Waals surface area (Å²) in [6.07, 6.45) is 1.79. The van der Waals surface area contributed by atoms with Crippen LogP contribution >= 0.6 is 11.8 Å². The molecule has 0 amide bonds. The molecule has 0 spiro atoms. The molecule has 1 aromatic carbocycles. The largest absolute Gasteiger partial charge is 0.291 e. The van der Waals surface area contributed by atoms with Crippen molar-refractivity contribution >= 4 is 17.4 Å². The molecule has 0 radical (unpaired) electrons. The highest BCUT2D eigenvalue weighted by atomic mass is 32.2. The molecule has 0 saturated carbocycles. The fraction of sp³-hybridized carbons (Fsp3) is 0.143. The van der Waals surface area contributed by atoms with Crippen molar-refractivity contribution in [3.05, 3.63) is 34.4 Å². The van der Waals surface area contributed by atoms with Gasteiger partial charge >= 0.3 is 0 Å². The van der Waals surface area contributed by atoms with Crippen molar-refractivity contribution in [2.75, 3.05) is 6.26 Å². The lowest BCUT2D eigenvalue weighted by Gasteiger charge is -1.93. The third-order valence-corrected chi connectivity index (χ3v) is 1.93. The minimum atomic E-state index is -0.420. The van der Waals surface area contributed by atoms with Gasteiger partial charge in [-0.25, -0.2) is 0 Å². The summed E-state index contributed by atoms with van der Waals surface area (Å²) < 4.78 is 0. The first kappa shape index (κ1) is 7.89. The maximum atomic E-state index is 10.3. The Labute approximate surface area is 68.6 Å². The molecule has 4 heteroatoms. The summed E-state index contributed by atoms with van der Waals surface area (Å²) >= 11 is 1.33. The summed E-state index contributed by atoms with van der Waals surface area (Å²) in [6.45, 7) is 0. The minimum Gasteiger partial charge on any atom is -0.258 e. The first-order valence-electron chi connectivity index (χ1n) is 2.86. The summed E-state index contributed by atoms with van der Waals surface area (Å²) in [4.78, 5) is 10.5. The number of hydrogen-bond acceptors (Lipinski definition) is 3. The average Bonchev–Trinajstić information content (AvgIpc) is 2.04. The molecule has 56 valence electrons. The molecule has 0 saturated heterocycles. The molecule has 0 unspecified atom stereocenters. The maximum Gasteiger partial charge on any atom is 0.291 e. The van der Waals surface area contributed by atoms with Crippen LogP contribution in [0.15, 0.2) is 17.0 Å². The van der Waals surface area contributed by atoms with E-state index < -0.39 is 4.92 Å². The van der Waals surface area contributed by atoms with Gasteiger partial charge in [-0.05, 0) is 6.26 Å². The van der Waals surface area contributed by atoms with E-state index in [1.54, 1.807) is 12.3 Å². The number of nitrogens with zero attached hydrogens (tertiary/aromatic N) is 1. The summed E-state index contributed by atoms with van der Waals surface area (Å²) in [6, 6.07) is 8.08. The lowest BCUT2D eigenvalue weighted by Crippen LogP contribution is -1.88. The van der Waals surface area contributed by atoms with Crippen LogP contribution in [0.4, 0.5) is 5.69 Å². The van der Waals surface area contributed by atoms with E-state index in [4.69, 9.17) is 0 Å². The molecule has 0 aromatic heterocycles. The molecular formula is C7H5NO2S. The predicted octanol–water partition coefficient (Wildman–Crippen LogP) is 1.92. The van der Waals surface area contributed by atoms with E-state index in [1.165, 1.54) is 17.8 Å². The molecule has 0 aliphatic rings. The lowest BCUT2D eigenvalue weighted by molar-refractivity contribution is -0.387. The quantitative estimate of drug-likeness (QED) is 0.384. The number of hydrogen-bond donors (Lipinski definition) is 0. The number of rotatable bonds is 2. The van der Waals surface area contributed by atoms with Crippen LogP contribution < -0.4 is 0 Å². The van der Waals surface area contributed by atoms with Crippen LogP contribution in [-0.4, -0.2) is 11.2 Å². The Kier molecular flexibility index (Phi) is 2.34.